The van der Waals surface area contributed by atoms with Gasteiger partial charge in [0.1, 0.15) is 5.75 Å². The highest BCUT2D eigenvalue weighted by atomic mass is 32.2. The number of ether oxygens (including phenoxy) is 1. The van der Waals surface area contributed by atoms with Gasteiger partial charge in [0.05, 0.1) is 12.4 Å². The van der Waals surface area contributed by atoms with Crippen LogP contribution in [-0.4, -0.2) is 30.8 Å². The third-order valence-corrected chi connectivity index (χ3v) is 3.64. The van der Waals surface area contributed by atoms with Gasteiger partial charge >= 0.3 is 6.03 Å². The van der Waals surface area contributed by atoms with Crippen molar-refractivity contribution >= 4 is 29.4 Å². The first-order valence-electron chi connectivity index (χ1n) is 6.16. The molecule has 1 rings (SSSR count). The number of rotatable bonds is 5. The minimum absolute atomic E-state index is 0.372. The molecule has 0 spiro atoms. The maximum absolute atomic E-state index is 11.8. The van der Waals surface area contributed by atoms with Gasteiger partial charge in [-0.2, -0.15) is 0 Å². The highest BCUT2D eigenvalue weighted by molar-refractivity contribution is 8.00. The summed E-state index contributed by atoms with van der Waals surface area (Å²) in [5, 5.41) is 4.32. The molecule has 0 saturated heterocycles. The SMILES string of the molecule is CCNC(=O)NC(=O)C(C)Sc1cc(OC)ccc1N. The normalized spacial score (nSPS) is 11.6. The number of amides is 3. The first-order chi connectivity index (χ1) is 9.47. The fourth-order valence-electron chi connectivity index (χ4n) is 1.41. The summed E-state index contributed by atoms with van der Waals surface area (Å²) in [6.45, 7) is 3.95. The summed E-state index contributed by atoms with van der Waals surface area (Å²) in [6, 6.07) is 4.73. The van der Waals surface area contributed by atoms with Gasteiger partial charge in [-0.25, -0.2) is 4.79 Å². The maximum Gasteiger partial charge on any atom is 0.321 e. The van der Waals surface area contributed by atoms with E-state index in [9.17, 15) is 9.59 Å². The fraction of sp³-hybridized carbons (Fsp3) is 0.385. The lowest BCUT2D eigenvalue weighted by Gasteiger charge is -2.13. The number of imide groups is 1. The zero-order valence-corrected chi connectivity index (χ0v) is 12.5. The summed E-state index contributed by atoms with van der Waals surface area (Å²) in [7, 11) is 1.56. The molecule has 20 heavy (non-hydrogen) atoms. The number of nitrogen functional groups attached to an aromatic ring is 1. The van der Waals surface area contributed by atoms with Gasteiger partial charge in [-0.1, -0.05) is 0 Å². The van der Waals surface area contributed by atoms with Crippen molar-refractivity contribution in [3.8, 4) is 5.75 Å². The molecular weight excluding hydrogens is 278 g/mol. The fourth-order valence-corrected chi connectivity index (χ4v) is 2.34. The Bertz CT molecular complexity index is 494. The molecule has 0 aromatic heterocycles. The molecule has 110 valence electrons. The van der Waals surface area contributed by atoms with Gasteiger partial charge in [0.2, 0.25) is 5.91 Å². The van der Waals surface area contributed by atoms with Crippen molar-refractivity contribution in [2.45, 2.75) is 24.0 Å². The molecule has 7 heteroatoms. The van der Waals surface area contributed by atoms with Crippen LogP contribution in [0.5, 0.6) is 5.75 Å². The topological polar surface area (TPSA) is 93.5 Å². The quantitative estimate of drug-likeness (QED) is 0.567. The van der Waals surface area contributed by atoms with E-state index in [-0.39, 0.29) is 5.91 Å². The Balaban J connectivity index is 2.67. The van der Waals surface area contributed by atoms with Crippen molar-refractivity contribution in [1.82, 2.24) is 10.6 Å². The van der Waals surface area contributed by atoms with Crippen molar-refractivity contribution in [2.75, 3.05) is 19.4 Å². The van der Waals surface area contributed by atoms with E-state index in [1.165, 1.54) is 11.8 Å². The monoisotopic (exact) mass is 297 g/mol. The number of methoxy groups -OCH3 is 1. The molecule has 1 atom stereocenters. The van der Waals surface area contributed by atoms with E-state index in [1.807, 2.05) is 0 Å². The molecule has 4 N–H and O–H groups in total. The zero-order chi connectivity index (χ0) is 15.1. The zero-order valence-electron chi connectivity index (χ0n) is 11.7. The van der Waals surface area contributed by atoms with E-state index in [1.54, 1.807) is 39.2 Å². The Labute approximate surface area is 122 Å². The highest BCUT2D eigenvalue weighted by Crippen LogP contribution is 2.31. The Morgan fingerprint density at radius 3 is 2.75 bits per heavy atom. The van der Waals surface area contributed by atoms with Crippen LogP contribution in [0.25, 0.3) is 0 Å². The molecular formula is C13H19N3O3S. The summed E-state index contributed by atoms with van der Waals surface area (Å²) in [6.07, 6.45) is 0. The third kappa shape index (κ3) is 4.65. The summed E-state index contributed by atoms with van der Waals surface area (Å²) >= 11 is 1.27. The molecule has 1 aromatic carbocycles. The van der Waals surface area contributed by atoms with Gasteiger partial charge in [-0.15, -0.1) is 11.8 Å². The Kier molecular flexibility index (Phi) is 6.17. The van der Waals surface area contributed by atoms with Crippen molar-refractivity contribution in [3.63, 3.8) is 0 Å². The van der Waals surface area contributed by atoms with Crippen LogP contribution in [0.15, 0.2) is 23.1 Å². The van der Waals surface area contributed by atoms with Crippen molar-refractivity contribution in [1.29, 1.82) is 0 Å². The molecule has 1 aromatic rings. The number of carbonyl (C=O) groups excluding carboxylic acids is 2. The number of benzene rings is 1. The minimum atomic E-state index is -0.497. The molecule has 1 unspecified atom stereocenters. The predicted molar refractivity (Wildman–Crippen MR) is 79.9 cm³/mol. The van der Waals surface area contributed by atoms with Crippen molar-refractivity contribution < 1.29 is 14.3 Å². The van der Waals surface area contributed by atoms with Gasteiger partial charge in [0.15, 0.2) is 0 Å². The maximum atomic E-state index is 11.8. The number of nitrogens with one attached hydrogen (secondary N) is 2. The van der Waals surface area contributed by atoms with Crippen LogP contribution in [0, 0.1) is 0 Å². The van der Waals surface area contributed by atoms with Crippen LogP contribution in [0.1, 0.15) is 13.8 Å². The number of hydrogen-bond acceptors (Lipinski definition) is 5. The van der Waals surface area contributed by atoms with Crippen LogP contribution in [0.3, 0.4) is 0 Å². The van der Waals surface area contributed by atoms with Crippen LogP contribution in [0.4, 0.5) is 10.5 Å². The molecule has 6 nitrogen and oxygen atoms in total. The molecule has 3 amide bonds. The molecule has 0 radical (unpaired) electrons. The first kappa shape index (κ1) is 16.2. The standard InChI is InChI=1S/C13H19N3O3S/c1-4-15-13(18)16-12(17)8(2)20-11-7-9(19-3)5-6-10(11)14/h5-8H,4,14H2,1-3H3,(H2,15,16,17,18). The van der Waals surface area contributed by atoms with Gasteiger partial charge in [-0.05, 0) is 32.0 Å². The van der Waals surface area contributed by atoms with Gasteiger partial charge in [-0.3, -0.25) is 10.1 Å². The van der Waals surface area contributed by atoms with Crippen LogP contribution < -0.4 is 21.1 Å². The first-order valence-corrected chi connectivity index (χ1v) is 7.04. The number of carbonyl (C=O) groups is 2. The van der Waals surface area contributed by atoms with E-state index >= 15 is 0 Å². The predicted octanol–water partition coefficient (Wildman–Crippen LogP) is 1.60. The van der Waals surface area contributed by atoms with E-state index in [4.69, 9.17) is 10.5 Å². The molecule has 0 aliphatic carbocycles. The Morgan fingerprint density at radius 2 is 2.15 bits per heavy atom. The van der Waals surface area contributed by atoms with Crippen LogP contribution in [0.2, 0.25) is 0 Å². The summed E-state index contributed by atoms with van der Waals surface area (Å²) in [5.74, 6) is 0.293. The number of urea groups is 1. The Morgan fingerprint density at radius 1 is 1.45 bits per heavy atom. The molecule has 0 saturated carbocycles. The lowest BCUT2D eigenvalue weighted by molar-refractivity contribution is -0.119. The summed E-state index contributed by atoms with van der Waals surface area (Å²) in [4.78, 5) is 23.9. The molecule has 0 heterocycles. The second kappa shape index (κ2) is 7.64. The van der Waals surface area contributed by atoms with E-state index in [0.29, 0.717) is 18.0 Å². The number of hydrogen-bond donors (Lipinski definition) is 3. The molecule has 0 aliphatic rings. The van der Waals surface area contributed by atoms with Gasteiger partial charge in [0.25, 0.3) is 0 Å². The van der Waals surface area contributed by atoms with Gasteiger partial charge in [0, 0.05) is 17.1 Å². The highest BCUT2D eigenvalue weighted by Gasteiger charge is 2.18. The van der Waals surface area contributed by atoms with E-state index in [2.05, 4.69) is 10.6 Å². The summed E-state index contributed by atoms with van der Waals surface area (Å²) < 4.78 is 5.11. The van der Waals surface area contributed by atoms with E-state index in [0.717, 1.165) is 4.90 Å². The van der Waals surface area contributed by atoms with Crippen molar-refractivity contribution in [3.05, 3.63) is 18.2 Å². The number of thioether (sulfide) groups is 1. The number of nitrogens with two attached hydrogens (primary N) is 1. The largest absolute Gasteiger partial charge is 0.497 e. The lowest BCUT2D eigenvalue weighted by atomic mass is 10.3. The Hall–Kier alpha value is -1.89. The lowest BCUT2D eigenvalue weighted by Crippen LogP contribution is -2.42. The molecule has 0 bridgehead atoms. The smallest absolute Gasteiger partial charge is 0.321 e. The average molecular weight is 297 g/mol. The van der Waals surface area contributed by atoms with E-state index < -0.39 is 11.3 Å². The third-order valence-electron chi connectivity index (χ3n) is 2.47. The van der Waals surface area contributed by atoms with Crippen LogP contribution in [-0.2, 0) is 4.79 Å². The second-order valence-corrected chi connectivity index (χ2v) is 5.40. The van der Waals surface area contributed by atoms with Crippen molar-refractivity contribution in [2.24, 2.45) is 0 Å². The van der Waals surface area contributed by atoms with Crippen LogP contribution >= 0.6 is 11.8 Å². The average Bonchev–Trinajstić information content (AvgIpc) is 2.41. The summed E-state index contributed by atoms with van der Waals surface area (Å²) in [5.41, 5.74) is 6.42. The molecule has 0 fully saturated rings. The minimum Gasteiger partial charge on any atom is -0.497 e. The van der Waals surface area contributed by atoms with Gasteiger partial charge < -0.3 is 15.8 Å². The molecule has 0 aliphatic heterocycles. The number of anilines is 1. The second-order valence-electron chi connectivity index (χ2n) is 4.01.